The third kappa shape index (κ3) is 4.54. The van der Waals surface area contributed by atoms with Crippen LogP contribution in [-0.4, -0.2) is 43.0 Å². The number of hydrogen-bond donors (Lipinski definition) is 0. The van der Waals surface area contributed by atoms with Gasteiger partial charge in [-0.1, -0.05) is 23.7 Å². The van der Waals surface area contributed by atoms with Crippen molar-refractivity contribution in [2.75, 3.05) is 32.1 Å². The summed E-state index contributed by atoms with van der Waals surface area (Å²) in [4.78, 5) is 20.8. The summed E-state index contributed by atoms with van der Waals surface area (Å²) in [5.74, 6) is 0.484. The Morgan fingerprint density at radius 1 is 1.11 bits per heavy atom. The number of pyridine rings is 1. The standard InChI is InChI=1S/C22H24ClN3O2/c1-4-26(14-16-7-9-17(10-8-16)25(2)3)21(27)15-28-20-12-11-19(23)18-6-5-13-24-22(18)20/h5-13H,4,14-15H2,1-3H3. The molecule has 0 radical (unpaired) electrons. The number of nitrogens with zero attached hydrogens (tertiary/aromatic N) is 3. The molecule has 0 aliphatic carbocycles. The Hall–Kier alpha value is -2.79. The van der Waals surface area contributed by atoms with E-state index in [0.29, 0.717) is 29.4 Å². The zero-order chi connectivity index (χ0) is 20.1. The third-order valence-electron chi connectivity index (χ3n) is 4.59. The van der Waals surface area contributed by atoms with Crippen LogP contribution in [0.1, 0.15) is 12.5 Å². The Labute approximate surface area is 170 Å². The van der Waals surface area contributed by atoms with E-state index in [4.69, 9.17) is 16.3 Å². The Balaban J connectivity index is 1.67. The summed E-state index contributed by atoms with van der Waals surface area (Å²) < 4.78 is 5.79. The first-order chi connectivity index (χ1) is 13.5. The van der Waals surface area contributed by atoms with Gasteiger partial charge in [0, 0.05) is 44.5 Å². The quantitative estimate of drug-likeness (QED) is 0.593. The Kier molecular flexibility index (Phi) is 6.37. The minimum Gasteiger partial charge on any atom is -0.481 e. The number of halogens is 1. The first kappa shape index (κ1) is 20.0. The van der Waals surface area contributed by atoms with Crippen molar-refractivity contribution in [2.24, 2.45) is 0 Å². The van der Waals surface area contributed by atoms with E-state index in [2.05, 4.69) is 17.1 Å². The monoisotopic (exact) mass is 397 g/mol. The van der Waals surface area contributed by atoms with E-state index in [0.717, 1.165) is 16.6 Å². The van der Waals surface area contributed by atoms with Gasteiger partial charge in [0.1, 0.15) is 11.3 Å². The highest BCUT2D eigenvalue weighted by Gasteiger charge is 2.15. The van der Waals surface area contributed by atoms with E-state index in [9.17, 15) is 4.79 Å². The van der Waals surface area contributed by atoms with Gasteiger partial charge >= 0.3 is 0 Å². The number of carbonyl (C=O) groups is 1. The van der Waals surface area contributed by atoms with Crippen LogP contribution in [0.15, 0.2) is 54.7 Å². The molecule has 146 valence electrons. The van der Waals surface area contributed by atoms with Crippen molar-refractivity contribution in [1.29, 1.82) is 0 Å². The smallest absolute Gasteiger partial charge is 0.260 e. The molecule has 0 N–H and O–H groups in total. The van der Waals surface area contributed by atoms with E-state index >= 15 is 0 Å². The van der Waals surface area contributed by atoms with Crippen molar-refractivity contribution in [3.8, 4) is 5.75 Å². The van der Waals surface area contributed by atoms with Gasteiger partial charge < -0.3 is 14.5 Å². The number of anilines is 1. The van der Waals surface area contributed by atoms with Crippen molar-refractivity contribution >= 4 is 34.1 Å². The summed E-state index contributed by atoms with van der Waals surface area (Å²) in [5, 5.41) is 1.42. The molecule has 0 aliphatic rings. The molecule has 1 amide bonds. The molecule has 0 saturated heterocycles. The molecule has 0 atom stereocenters. The first-order valence-electron chi connectivity index (χ1n) is 9.19. The maximum absolute atomic E-state index is 12.7. The van der Waals surface area contributed by atoms with Crippen LogP contribution in [0.25, 0.3) is 10.9 Å². The molecule has 5 nitrogen and oxygen atoms in total. The van der Waals surface area contributed by atoms with Crippen LogP contribution in [0.3, 0.4) is 0 Å². The first-order valence-corrected chi connectivity index (χ1v) is 9.57. The second-order valence-electron chi connectivity index (χ2n) is 6.70. The van der Waals surface area contributed by atoms with E-state index in [-0.39, 0.29) is 12.5 Å². The highest BCUT2D eigenvalue weighted by Crippen LogP contribution is 2.29. The molecule has 3 rings (SSSR count). The summed E-state index contributed by atoms with van der Waals surface area (Å²) in [7, 11) is 4.01. The van der Waals surface area contributed by atoms with Crippen molar-refractivity contribution in [3.05, 3.63) is 65.3 Å². The largest absolute Gasteiger partial charge is 0.481 e. The van der Waals surface area contributed by atoms with Gasteiger partial charge in [-0.05, 0) is 48.9 Å². The van der Waals surface area contributed by atoms with Crippen molar-refractivity contribution in [2.45, 2.75) is 13.5 Å². The van der Waals surface area contributed by atoms with Gasteiger partial charge in [-0.3, -0.25) is 9.78 Å². The van der Waals surface area contributed by atoms with Crippen LogP contribution in [0.2, 0.25) is 5.02 Å². The number of rotatable bonds is 7. The third-order valence-corrected chi connectivity index (χ3v) is 4.92. The molecule has 2 aromatic carbocycles. The minimum absolute atomic E-state index is 0.0447. The van der Waals surface area contributed by atoms with Gasteiger partial charge in [-0.25, -0.2) is 0 Å². The minimum atomic E-state index is -0.0711. The molecule has 0 bridgehead atoms. The normalized spacial score (nSPS) is 10.7. The zero-order valence-electron chi connectivity index (χ0n) is 16.4. The predicted molar refractivity (Wildman–Crippen MR) is 114 cm³/mol. The maximum Gasteiger partial charge on any atom is 0.260 e. The Morgan fingerprint density at radius 3 is 2.54 bits per heavy atom. The molecule has 0 unspecified atom stereocenters. The molecular weight excluding hydrogens is 374 g/mol. The molecular formula is C22H24ClN3O2. The van der Waals surface area contributed by atoms with Crippen LogP contribution < -0.4 is 9.64 Å². The zero-order valence-corrected chi connectivity index (χ0v) is 17.1. The van der Waals surface area contributed by atoms with E-state index in [1.807, 2.05) is 50.2 Å². The summed E-state index contributed by atoms with van der Waals surface area (Å²) in [6.07, 6.45) is 1.68. The SMILES string of the molecule is CCN(Cc1ccc(N(C)C)cc1)C(=O)COc1ccc(Cl)c2cccnc12. The second kappa shape index (κ2) is 8.93. The summed E-state index contributed by atoms with van der Waals surface area (Å²) >= 11 is 6.21. The fraction of sp³-hybridized carbons (Fsp3) is 0.273. The molecule has 28 heavy (non-hydrogen) atoms. The fourth-order valence-corrected chi connectivity index (χ4v) is 3.17. The van der Waals surface area contributed by atoms with Gasteiger partial charge in [-0.2, -0.15) is 0 Å². The maximum atomic E-state index is 12.7. The number of likely N-dealkylation sites (N-methyl/N-ethyl adjacent to an activating group) is 1. The lowest BCUT2D eigenvalue weighted by atomic mass is 10.2. The van der Waals surface area contributed by atoms with Crippen molar-refractivity contribution in [3.63, 3.8) is 0 Å². The molecule has 0 saturated carbocycles. The molecule has 0 aliphatic heterocycles. The van der Waals surface area contributed by atoms with Crippen molar-refractivity contribution < 1.29 is 9.53 Å². The highest BCUT2D eigenvalue weighted by atomic mass is 35.5. The fourth-order valence-electron chi connectivity index (χ4n) is 2.96. The Morgan fingerprint density at radius 2 is 1.86 bits per heavy atom. The summed E-state index contributed by atoms with van der Waals surface area (Å²) in [6.45, 7) is 3.07. The van der Waals surface area contributed by atoms with Gasteiger partial charge in [0.05, 0.1) is 5.02 Å². The molecule has 0 fully saturated rings. The molecule has 3 aromatic rings. The molecule has 6 heteroatoms. The van der Waals surface area contributed by atoms with E-state index < -0.39 is 0 Å². The number of hydrogen-bond acceptors (Lipinski definition) is 4. The van der Waals surface area contributed by atoms with Crippen LogP contribution >= 0.6 is 11.6 Å². The average Bonchev–Trinajstić information content (AvgIpc) is 2.72. The van der Waals surface area contributed by atoms with Gasteiger partial charge in [0.15, 0.2) is 6.61 Å². The van der Waals surface area contributed by atoms with Crippen LogP contribution in [-0.2, 0) is 11.3 Å². The number of fused-ring (bicyclic) bond motifs is 1. The van der Waals surface area contributed by atoms with Gasteiger partial charge in [-0.15, -0.1) is 0 Å². The number of ether oxygens (including phenoxy) is 1. The average molecular weight is 398 g/mol. The molecule has 1 heterocycles. The lowest BCUT2D eigenvalue weighted by Crippen LogP contribution is -2.34. The number of benzene rings is 2. The van der Waals surface area contributed by atoms with E-state index in [1.165, 1.54) is 0 Å². The van der Waals surface area contributed by atoms with Gasteiger partial charge in [0.2, 0.25) is 0 Å². The van der Waals surface area contributed by atoms with Gasteiger partial charge in [0.25, 0.3) is 5.91 Å². The topological polar surface area (TPSA) is 45.7 Å². The van der Waals surface area contributed by atoms with Crippen LogP contribution in [0.5, 0.6) is 5.75 Å². The second-order valence-corrected chi connectivity index (χ2v) is 7.11. The number of carbonyl (C=O) groups excluding carboxylic acids is 1. The van der Waals surface area contributed by atoms with Crippen LogP contribution in [0.4, 0.5) is 5.69 Å². The lowest BCUT2D eigenvalue weighted by Gasteiger charge is -2.22. The van der Waals surface area contributed by atoms with E-state index in [1.54, 1.807) is 23.2 Å². The highest BCUT2D eigenvalue weighted by molar-refractivity contribution is 6.35. The van der Waals surface area contributed by atoms with Crippen molar-refractivity contribution in [1.82, 2.24) is 9.88 Å². The molecule has 0 spiro atoms. The predicted octanol–water partition coefficient (Wildman–Crippen LogP) is 4.38. The van der Waals surface area contributed by atoms with Crippen LogP contribution in [0, 0.1) is 0 Å². The summed E-state index contributed by atoms with van der Waals surface area (Å²) in [6, 6.07) is 15.4. The molecule has 1 aromatic heterocycles. The number of aromatic nitrogens is 1. The lowest BCUT2D eigenvalue weighted by molar-refractivity contribution is -0.133. The Bertz CT molecular complexity index is 958. The number of amides is 1. The summed E-state index contributed by atoms with van der Waals surface area (Å²) in [5.41, 5.74) is 2.87.